The number of fused-ring (bicyclic) bond motifs is 1. The predicted octanol–water partition coefficient (Wildman–Crippen LogP) is 7.44. The molecule has 3 aromatic carbocycles. The van der Waals surface area contributed by atoms with Gasteiger partial charge in [-0.15, -0.1) is 0 Å². The zero-order chi connectivity index (χ0) is 24.9. The fraction of sp³-hybridized carbons (Fsp3) is 0.120. The molecule has 1 amide bonds. The molecular formula is C25H18Br2FIN2O4. The van der Waals surface area contributed by atoms with Crippen LogP contribution < -0.4 is 14.9 Å². The zero-order valence-corrected chi connectivity index (χ0v) is 23.6. The van der Waals surface area contributed by atoms with Crippen molar-refractivity contribution in [2.75, 3.05) is 6.61 Å². The van der Waals surface area contributed by atoms with Gasteiger partial charge in [0.15, 0.2) is 17.3 Å². The number of hydrogen-bond acceptors (Lipinski definition) is 5. The summed E-state index contributed by atoms with van der Waals surface area (Å²) in [4.78, 5) is 12.5. The number of hydrogen-bond donors (Lipinski definition) is 1. The van der Waals surface area contributed by atoms with Gasteiger partial charge in [0.1, 0.15) is 18.0 Å². The van der Waals surface area contributed by atoms with Crippen LogP contribution in [0.25, 0.3) is 11.0 Å². The van der Waals surface area contributed by atoms with Crippen LogP contribution in [0.3, 0.4) is 0 Å². The first-order valence-electron chi connectivity index (χ1n) is 10.4. The molecule has 0 saturated heterocycles. The Morgan fingerprint density at radius 3 is 2.66 bits per heavy atom. The van der Waals surface area contributed by atoms with Crippen molar-refractivity contribution in [3.63, 3.8) is 0 Å². The average Bonchev–Trinajstić information content (AvgIpc) is 3.24. The van der Waals surface area contributed by atoms with Gasteiger partial charge >= 0.3 is 5.91 Å². The first kappa shape index (κ1) is 25.6. The lowest BCUT2D eigenvalue weighted by Gasteiger charge is -2.14. The SMILES string of the molecule is CCOc1cc(/C=N\NC(=O)c2cc3cc(Br)cc(Br)c3o2)cc(I)c1OCc1ccc(F)cc1. The molecule has 1 N–H and O–H groups in total. The van der Waals surface area contributed by atoms with Gasteiger partial charge in [-0.3, -0.25) is 4.79 Å². The fourth-order valence-electron chi connectivity index (χ4n) is 3.21. The van der Waals surface area contributed by atoms with Crippen molar-refractivity contribution in [3.05, 3.63) is 89.8 Å². The summed E-state index contributed by atoms with van der Waals surface area (Å²) in [7, 11) is 0. The van der Waals surface area contributed by atoms with Crippen LogP contribution in [0.4, 0.5) is 4.39 Å². The van der Waals surface area contributed by atoms with Crippen LogP contribution in [-0.2, 0) is 6.61 Å². The van der Waals surface area contributed by atoms with E-state index in [0.717, 1.165) is 23.5 Å². The van der Waals surface area contributed by atoms with E-state index in [4.69, 9.17) is 13.9 Å². The van der Waals surface area contributed by atoms with Crippen molar-refractivity contribution in [1.82, 2.24) is 5.43 Å². The maximum atomic E-state index is 13.1. The summed E-state index contributed by atoms with van der Waals surface area (Å²) in [6, 6.07) is 15.1. The maximum absolute atomic E-state index is 13.1. The summed E-state index contributed by atoms with van der Waals surface area (Å²) in [6.07, 6.45) is 1.52. The number of hydrazone groups is 1. The van der Waals surface area contributed by atoms with Crippen LogP contribution in [0, 0.1) is 9.39 Å². The molecule has 35 heavy (non-hydrogen) atoms. The molecule has 0 aliphatic carbocycles. The molecule has 6 nitrogen and oxygen atoms in total. The molecule has 0 unspecified atom stereocenters. The Balaban J connectivity index is 1.47. The number of rotatable bonds is 8. The minimum Gasteiger partial charge on any atom is -0.490 e. The number of halogens is 4. The van der Waals surface area contributed by atoms with E-state index < -0.39 is 5.91 Å². The molecule has 1 heterocycles. The Labute approximate surface area is 231 Å². The second kappa shape index (κ2) is 11.5. The van der Waals surface area contributed by atoms with Crippen LogP contribution in [0.5, 0.6) is 11.5 Å². The molecule has 0 aliphatic rings. The lowest BCUT2D eigenvalue weighted by molar-refractivity contribution is 0.0929. The number of nitrogens with one attached hydrogen (secondary N) is 1. The lowest BCUT2D eigenvalue weighted by atomic mass is 10.2. The first-order valence-corrected chi connectivity index (χ1v) is 13.1. The molecule has 0 radical (unpaired) electrons. The monoisotopic (exact) mass is 714 g/mol. The van der Waals surface area contributed by atoms with E-state index in [1.165, 1.54) is 18.3 Å². The molecule has 4 aromatic rings. The molecular weight excluding hydrogens is 698 g/mol. The third-order valence-corrected chi connectivity index (χ3v) is 6.62. The van der Waals surface area contributed by atoms with Gasteiger partial charge in [-0.25, -0.2) is 9.82 Å². The predicted molar refractivity (Wildman–Crippen MR) is 148 cm³/mol. The van der Waals surface area contributed by atoms with Gasteiger partial charge in [-0.05, 0) is 99.0 Å². The highest BCUT2D eigenvalue weighted by Gasteiger charge is 2.15. The normalized spacial score (nSPS) is 11.2. The van der Waals surface area contributed by atoms with E-state index in [1.807, 2.05) is 25.1 Å². The van der Waals surface area contributed by atoms with Gasteiger partial charge in [0.2, 0.25) is 0 Å². The molecule has 10 heteroatoms. The van der Waals surface area contributed by atoms with E-state index in [2.05, 4.69) is 65.0 Å². The Morgan fingerprint density at radius 2 is 1.91 bits per heavy atom. The molecule has 0 saturated carbocycles. The fourth-order valence-corrected chi connectivity index (χ4v) is 5.33. The summed E-state index contributed by atoms with van der Waals surface area (Å²) in [5, 5.41) is 4.85. The van der Waals surface area contributed by atoms with Crippen molar-refractivity contribution in [2.24, 2.45) is 5.10 Å². The van der Waals surface area contributed by atoms with E-state index >= 15 is 0 Å². The molecule has 0 fully saturated rings. The van der Waals surface area contributed by atoms with E-state index in [-0.39, 0.29) is 18.2 Å². The highest BCUT2D eigenvalue weighted by molar-refractivity contribution is 14.1. The van der Waals surface area contributed by atoms with Crippen molar-refractivity contribution >= 4 is 77.5 Å². The minimum atomic E-state index is -0.473. The molecule has 0 atom stereocenters. The number of carbonyl (C=O) groups is 1. The van der Waals surface area contributed by atoms with Gasteiger partial charge < -0.3 is 13.9 Å². The van der Waals surface area contributed by atoms with Gasteiger partial charge in [-0.1, -0.05) is 28.1 Å². The smallest absolute Gasteiger partial charge is 0.307 e. The van der Waals surface area contributed by atoms with Gasteiger partial charge in [0.25, 0.3) is 0 Å². The van der Waals surface area contributed by atoms with Crippen LogP contribution >= 0.6 is 54.5 Å². The summed E-state index contributed by atoms with van der Waals surface area (Å²) >= 11 is 9.00. The highest BCUT2D eigenvalue weighted by atomic mass is 127. The lowest BCUT2D eigenvalue weighted by Crippen LogP contribution is -2.16. The molecule has 1 aromatic heterocycles. The highest BCUT2D eigenvalue weighted by Crippen LogP contribution is 2.35. The Hall–Kier alpha value is -2.44. The Bertz CT molecular complexity index is 1410. The maximum Gasteiger partial charge on any atom is 0.307 e. The standard InChI is InChI=1S/C25H18Br2FIN2O4/c1-2-33-21-8-15(7-20(29)24(21)34-13-14-3-5-18(28)6-4-14)12-30-31-25(32)22-10-16-9-17(26)11-19(27)23(16)35-22/h3-12H,2,13H2,1H3,(H,31,32)/b30-12-. The van der Waals surface area contributed by atoms with Crippen molar-refractivity contribution in [3.8, 4) is 11.5 Å². The molecule has 0 spiro atoms. The van der Waals surface area contributed by atoms with Gasteiger partial charge in [0.05, 0.1) is 20.9 Å². The average molecular weight is 716 g/mol. The minimum absolute atomic E-state index is 0.144. The molecule has 4 rings (SSSR count). The zero-order valence-electron chi connectivity index (χ0n) is 18.3. The number of carbonyl (C=O) groups excluding carboxylic acids is 1. The van der Waals surface area contributed by atoms with Crippen molar-refractivity contribution in [2.45, 2.75) is 13.5 Å². The topological polar surface area (TPSA) is 73.1 Å². The van der Waals surface area contributed by atoms with Gasteiger partial charge in [-0.2, -0.15) is 5.10 Å². The van der Waals surface area contributed by atoms with Crippen LogP contribution in [0.1, 0.15) is 28.6 Å². The van der Waals surface area contributed by atoms with Crippen LogP contribution in [0.15, 0.2) is 73.1 Å². The Kier molecular flexibility index (Phi) is 8.45. The largest absolute Gasteiger partial charge is 0.490 e. The summed E-state index contributed by atoms with van der Waals surface area (Å²) in [6.45, 7) is 2.59. The molecule has 0 aliphatic heterocycles. The number of ether oxygens (including phenoxy) is 2. The second-order valence-corrected chi connectivity index (χ2v) is 10.2. The third kappa shape index (κ3) is 6.42. The summed E-state index contributed by atoms with van der Waals surface area (Å²) in [5.74, 6) is 0.499. The van der Waals surface area contributed by atoms with E-state index in [0.29, 0.717) is 29.3 Å². The Morgan fingerprint density at radius 1 is 1.14 bits per heavy atom. The number of benzene rings is 3. The number of amides is 1. The summed E-state index contributed by atoms with van der Waals surface area (Å²) in [5.41, 5.74) is 4.61. The van der Waals surface area contributed by atoms with E-state index in [1.54, 1.807) is 24.3 Å². The number of furan rings is 1. The van der Waals surface area contributed by atoms with Gasteiger partial charge in [0, 0.05) is 9.86 Å². The van der Waals surface area contributed by atoms with Crippen molar-refractivity contribution in [1.29, 1.82) is 0 Å². The molecule has 180 valence electrons. The second-order valence-electron chi connectivity index (χ2n) is 7.29. The van der Waals surface area contributed by atoms with E-state index in [9.17, 15) is 9.18 Å². The summed E-state index contributed by atoms with van der Waals surface area (Å²) < 4.78 is 32.9. The molecule has 0 bridgehead atoms. The van der Waals surface area contributed by atoms with Crippen LogP contribution in [0.2, 0.25) is 0 Å². The van der Waals surface area contributed by atoms with Crippen molar-refractivity contribution < 1.29 is 23.1 Å². The van der Waals surface area contributed by atoms with Crippen LogP contribution in [-0.4, -0.2) is 18.7 Å². The number of nitrogens with zero attached hydrogens (tertiary/aromatic N) is 1. The quantitative estimate of drug-likeness (QED) is 0.117. The first-order chi connectivity index (χ1) is 16.8. The third-order valence-electron chi connectivity index (χ3n) is 4.77.